The maximum absolute atomic E-state index is 12.4. The summed E-state index contributed by atoms with van der Waals surface area (Å²) in [5.74, 6) is 0.200. The second-order valence-corrected chi connectivity index (χ2v) is 7.23. The van der Waals surface area contributed by atoms with Crippen LogP contribution in [0.2, 0.25) is 0 Å². The quantitative estimate of drug-likeness (QED) is 0.483. The molecule has 0 saturated heterocycles. The molecule has 0 aliphatic carbocycles. The molecule has 0 unspecified atom stereocenters. The van der Waals surface area contributed by atoms with Crippen molar-refractivity contribution in [2.75, 3.05) is 0 Å². The second kappa shape index (κ2) is 7.55. The van der Waals surface area contributed by atoms with Crippen LogP contribution in [0.1, 0.15) is 51.5 Å². The number of hydrogen-bond donors (Lipinski definition) is 0. The fourth-order valence-corrected chi connectivity index (χ4v) is 3.82. The van der Waals surface area contributed by atoms with Gasteiger partial charge in [0.15, 0.2) is 5.78 Å². The van der Waals surface area contributed by atoms with Gasteiger partial charge in [0.2, 0.25) is 0 Å². The first-order valence-electron chi connectivity index (χ1n) is 7.84. The second-order valence-electron chi connectivity index (χ2n) is 6.01. The van der Waals surface area contributed by atoms with E-state index in [0.717, 1.165) is 24.8 Å². The Morgan fingerprint density at radius 2 is 1.86 bits per heavy atom. The molecule has 116 valence electrons. The third-order valence-corrected chi connectivity index (χ3v) is 4.86. The molecule has 0 saturated carbocycles. The predicted octanol–water partition coefficient (Wildman–Crippen LogP) is 5.55. The Labute approximate surface area is 137 Å². The molecule has 1 aromatic carbocycles. The normalized spacial score (nSPS) is 10.7. The van der Waals surface area contributed by atoms with E-state index in [1.807, 2.05) is 31.2 Å². The van der Waals surface area contributed by atoms with Crippen LogP contribution < -0.4 is 0 Å². The summed E-state index contributed by atoms with van der Waals surface area (Å²) in [4.78, 5) is 15.0. The summed E-state index contributed by atoms with van der Waals surface area (Å²) < 4.78 is 0. The topological polar surface area (TPSA) is 17.1 Å². The maximum atomic E-state index is 12.4. The van der Waals surface area contributed by atoms with Crippen molar-refractivity contribution in [1.82, 2.24) is 0 Å². The van der Waals surface area contributed by atoms with Crippen molar-refractivity contribution < 1.29 is 4.79 Å². The molecule has 0 aliphatic heterocycles. The van der Waals surface area contributed by atoms with Gasteiger partial charge in [-0.25, -0.2) is 0 Å². The Kier molecular flexibility index (Phi) is 5.73. The molecule has 1 aromatic heterocycles. The van der Waals surface area contributed by atoms with Crippen LogP contribution in [-0.4, -0.2) is 5.78 Å². The zero-order chi connectivity index (χ0) is 16.1. The highest BCUT2D eigenvalue weighted by Crippen LogP contribution is 2.27. The van der Waals surface area contributed by atoms with Crippen LogP contribution in [0.3, 0.4) is 0 Å². The third-order valence-electron chi connectivity index (χ3n) is 3.63. The van der Waals surface area contributed by atoms with Crippen LogP contribution >= 0.6 is 11.3 Å². The molecule has 2 aromatic rings. The number of aryl methyl sites for hydroxylation is 2. The average Bonchev–Trinajstić information content (AvgIpc) is 2.80. The first-order valence-corrected chi connectivity index (χ1v) is 8.66. The molecular weight excluding hydrogens is 288 g/mol. The van der Waals surface area contributed by atoms with Crippen molar-refractivity contribution in [3.8, 4) is 0 Å². The molecule has 0 radical (unpaired) electrons. The van der Waals surface area contributed by atoms with Gasteiger partial charge in [0, 0.05) is 21.7 Å². The number of ketones is 1. The molecule has 22 heavy (non-hydrogen) atoms. The highest BCUT2D eigenvalue weighted by molar-refractivity contribution is 7.12. The summed E-state index contributed by atoms with van der Waals surface area (Å²) in [5.41, 5.74) is 4.51. The molecule has 1 nitrogen and oxygen atoms in total. The number of allylic oxidation sites excluding steroid dienone is 1. The Morgan fingerprint density at radius 3 is 2.45 bits per heavy atom. The largest absolute Gasteiger partial charge is 0.294 e. The molecule has 0 atom stereocenters. The van der Waals surface area contributed by atoms with Crippen LogP contribution in [0, 0.1) is 6.92 Å². The van der Waals surface area contributed by atoms with Crippen molar-refractivity contribution in [1.29, 1.82) is 0 Å². The first kappa shape index (κ1) is 16.7. The molecule has 0 aliphatic rings. The number of thiophene rings is 1. The Hall–Kier alpha value is -1.67. The molecule has 0 fully saturated rings. The summed E-state index contributed by atoms with van der Waals surface area (Å²) in [5, 5.41) is 0. The molecule has 1 heterocycles. The van der Waals surface area contributed by atoms with Crippen molar-refractivity contribution in [3.63, 3.8) is 0 Å². The standard InChI is InChI=1S/C20H24OS/c1-5-6-20-17(11-14(2)3)12-18(22-20)13-19(21)16-9-7-15(4)8-10-16/h7-10,12H,2,5-6,11,13H2,1,3-4H3. The van der Waals surface area contributed by atoms with E-state index in [2.05, 4.69) is 26.5 Å². The minimum atomic E-state index is 0.200. The summed E-state index contributed by atoms with van der Waals surface area (Å²) in [6.45, 7) is 10.3. The predicted molar refractivity (Wildman–Crippen MR) is 96.0 cm³/mol. The number of Topliss-reactive ketones (excluding diaryl/α,β-unsaturated/α-hetero) is 1. The summed E-state index contributed by atoms with van der Waals surface area (Å²) in [7, 11) is 0. The lowest BCUT2D eigenvalue weighted by Crippen LogP contribution is -2.01. The minimum absolute atomic E-state index is 0.200. The lowest BCUT2D eigenvalue weighted by Gasteiger charge is -2.00. The zero-order valence-corrected chi connectivity index (χ0v) is 14.6. The van der Waals surface area contributed by atoms with E-state index in [0.29, 0.717) is 6.42 Å². The van der Waals surface area contributed by atoms with Crippen LogP contribution in [0.15, 0.2) is 42.5 Å². The number of rotatable bonds is 7. The van der Waals surface area contributed by atoms with Crippen LogP contribution in [0.25, 0.3) is 0 Å². The maximum Gasteiger partial charge on any atom is 0.168 e. The van der Waals surface area contributed by atoms with E-state index >= 15 is 0 Å². The summed E-state index contributed by atoms with van der Waals surface area (Å²) in [6.07, 6.45) is 3.65. The lowest BCUT2D eigenvalue weighted by atomic mass is 10.0. The molecule has 0 bridgehead atoms. The fourth-order valence-electron chi connectivity index (χ4n) is 2.53. The first-order chi connectivity index (χ1) is 10.5. The SMILES string of the molecule is C=C(C)Cc1cc(CC(=O)c2ccc(C)cc2)sc1CCC. The highest BCUT2D eigenvalue weighted by atomic mass is 32.1. The fraction of sp³-hybridized carbons (Fsp3) is 0.350. The van der Waals surface area contributed by atoms with Gasteiger partial charge in [-0.3, -0.25) is 4.79 Å². The van der Waals surface area contributed by atoms with Gasteiger partial charge < -0.3 is 0 Å². The van der Waals surface area contributed by atoms with E-state index in [1.165, 1.54) is 26.5 Å². The Morgan fingerprint density at radius 1 is 1.18 bits per heavy atom. The van der Waals surface area contributed by atoms with Gasteiger partial charge in [-0.05, 0) is 38.3 Å². The summed E-state index contributed by atoms with van der Waals surface area (Å²) in [6, 6.07) is 10.0. The molecular formula is C20H24OS. The van der Waals surface area contributed by atoms with E-state index in [1.54, 1.807) is 11.3 Å². The number of benzene rings is 1. The monoisotopic (exact) mass is 312 g/mol. The van der Waals surface area contributed by atoms with Gasteiger partial charge in [0.05, 0.1) is 0 Å². The van der Waals surface area contributed by atoms with Gasteiger partial charge in [0.25, 0.3) is 0 Å². The molecule has 2 rings (SSSR count). The zero-order valence-electron chi connectivity index (χ0n) is 13.7. The Bertz CT molecular complexity index is 662. The van der Waals surface area contributed by atoms with E-state index in [9.17, 15) is 4.79 Å². The number of carbonyl (C=O) groups is 1. The Balaban J connectivity index is 2.16. The van der Waals surface area contributed by atoms with Gasteiger partial charge in [-0.2, -0.15) is 0 Å². The van der Waals surface area contributed by atoms with Gasteiger partial charge in [-0.15, -0.1) is 11.3 Å². The van der Waals surface area contributed by atoms with Crippen molar-refractivity contribution >= 4 is 17.1 Å². The van der Waals surface area contributed by atoms with Gasteiger partial charge in [-0.1, -0.05) is 55.3 Å². The molecule has 2 heteroatoms. The van der Waals surface area contributed by atoms with Gasteiger partial charge >= 0.3 is 0 Å². The minimum Gasteiger partial charge on any atom is -0.294 e. The average molecular weight is 312 g/mol. The lowest BCUT2D eigenvalue weighted by molar-refractivity contribution is 0.0994. The third kappa shape index (κ3) is 4.41. The van der Waals surface area contributed by atoms with E-state index in [4.69, 9.17) is 0 Å². The smallest absolute Gasteiger partial charge is 0.168 e. The van der Waals surface area contributed by atoms with E-state index < -0.39 is 0 Å². The molecule has 0 amide bonds. The van der Waals surface area contributed by atoms with E-state index in [-0.39, 0.29) is 5.78 Å². The highest BCUT2D eigenvalue weighted by Gasteiger charge is 2.13. The van der Waals surface area contributed by atoms with Crippen LogP contribution in [-0.2, 0) is 19.3 Å². The van der Waals surface area contributed by atoms with Crippen LogP contribution in [0.5, 0.6) is 0 Å². The number of hydrogen-bond acceptors (Lipinski definition) is 2. The van der Waals surface area contributed by atoms with Crippen molar-refractivity contribution in [2.45, 2.75) is 46.5 Å². The molecule has 0 spiro atoms. The van der Waals surface area contributed by atoms with Crippen molar-refractivity contribution in [2.24, 2.45) is 0 Å². The van der Waals surface area contributed by atoms with Gasteiger partial charge in [0.1, 0.15) is 0 Å². The summed E-state index contributed by atoms with van der Waals surface area (Å²) >= 11 is 1.79. The number of carbonyl (C=O) groups excluding carboxylic acids is 1. The molecule has 0 N–H and O–H groups in total. The van der Waals surface area contributed by atoms with Crippen LogP contribution in [0.4, 0.5) is 0 Å². The van der Waals surface area contributed by atoms with Crippen molar-refractivity contribution in [3.05, 3.63) is 68.9 Å².